The van der Waals surface area contributed by atoms with Crippen molar-refractivity contribution in [2.45, 2.75) is 0 Å². The molecule has 2 aliphatic heterocycles. The molecule has 2 aliphatic rings. The molecule has 22 heavy (non-hydrogen) atoms. The van der Waals surface area contributed by atoms with Crippen molar-refractivity contribution in [2.75, 3.05) is 44.5 Å². The molecule has 0 spiro atoms. The molecule has 0 radical (unpaired) electrons. The van der Waals surface area contributed by atoms with Gasteiger partial charge in [0.2, 0.25) is 6.79 Å². The van der Waals surface area contributed by atoms with Gasteiger partial charge in [0.15, 0.2) is 17.5 Å². The van der Waals surface area contributed by atoms with Crippen LogP contribution in [0.4, 0.5) is 0 Å². The van der Waals surface area contributed by atoms with E-state index in [9.17, 15) is 0 Å². The summed E-state index contributed by atoms with van der Waals surface area (Å²) in [6, 6.07) is 5.54. The summed E-state index contributed by atoms with van der Waals surface area (Å²) in [7, 11) is 0. The van der Waals surface area contributed by atoms with Crippen LogP contribution in [-0.4, -0.2) is 55.4 Å². The van der Waals surface area contributed by atoms with Crippen molar-refractivity contribution in [3.63, 3.8) is 0 Å². The number of nitrogens with zero attached hydrogens (tertiary/aromatic N) is 2. The first-order valence-corrected chi connectivity index (χ1v) is 8.13. The molecule has 0 amide bonds. The predicted molar refractivity (Wildman–Crippen MR) is 98.9 cm³/mol. The van der Waals surface area contributed by atoms with E-state index in [0.29, 0.717) is 19.1 Å². The van der Waals surface area contributed by atoms with Crippen molar-refractivity contribution < 1.29 is 14.2 Å². The summed E-state index contributed by atoms with van der Waals surface area (Å²) in [5, 5.41) is 0. The number of fused-ring (bicyclic) bond motifs is 1. The second-order valence-corrected chi connectivity index (χ2v) is 5.93. The first-order valence-electron chi connectivity index (χ1n) is 6.98. The molecule has 6 nitrogen and oxygen atoms in total. The Morgan fingerprint density at radius 3 is 2.86 bits per heavy atom. The van der Waals surface area contributed by atoms with Crippen LogP contribution in [0, 0.1) is 0 Å². The lowest BCUT2D eigenvalue weighted by Gasteiger charge is -2.27. The molecule has 0 unspecified atom stereocenters. The number of halogens is 1. The molecule has 1 aromatic rings. The molecule has 1 fully saturated rings. The van der Waals surface area contributed by atoms with E-state index >= 15 is 0 Å². The SMILES string of the molecule is I.NC(=NCCOc1ccc2c(c1)OCO2)N1CCSCC1. The Bertz CT molecular complexity index is 524. The number of nitrogens with two attached hydrogens (primary N) is 1. The normalized spacial score (nSPS) is 17.1. The highest BCUT2D eigenvalue weighted by Gasteiger charge is 2.14. The zero-order valence-corrected chi connectivity index (χ0v) is 15.3. The Balaban J connectivity index is 0.00000176. The molecule has 2 N–H and O–H groups in total. The highest BCUT2D eigenvalue weighted by Crippen LogP contribution is 2.34. The summed E-state index contributed by atoms with van der Waals surface area (Å²) in [5.41, 5.74) is 5.98. The van der Waals surface area contributed by atoms with Crippen molar-refractivity contribution in [2.24, 2.45) is 10.7 Å². The van der Waals surface area contributed by atoms with Gasteiger partial charge in [0.25, 0.3) is 0 Å². The monoisotopic (exact) mass is 437 g/mol. The van der Waals surface area contributed by atoms with E-state index in [1.165, 1.54) is 0 Å². The predicted octanol–water partition coefficient (Wildman–Crippen LogP) is 1.78. The van der Waals surface area contributed by atoms with E-state index in [2.05, 4.69) is 9.89 Å². The zero-order chi connectivity index (χ0) is 14.5. The molecule has 3 rings (SSSR count). The lowest BCUT2D eigenvalue weighted by Crippen LogP contribution is -2.42. The summed E-state index contributed by atoms with van der Waals surface area (Å²) in [5.74, 6) is 5.08. The van der Waals surface area contributed by atoms with Crippen LogP contribution in [0.2, 0.25) is 0 Å². The third-order valence-corrected chi connectivity index (χ3v) is 4.26. The topological polar surface area (TPSA) is 69.3 Å². The van der Waals surface area contributed by atoms with E-state index in [4.69, 9.17) is 19.9 Å². The lowest BCUT2D eigenvalue weighted by atomic mass is 10.3. The van der Waals surface area contributed by atoms with E-state index in [-0.39, 0.29) is 30.8 Å². The molecule has 0 saturated carbocycles. The van der Waals surface area contributed by atoms with Crippen molar-refractivity contribution in [3.05, 3.63) is 18.2 Å². The van der Waals surface area contributed by atoms with Gasteiger partial charge in [-0.25, -0.2) is 4.99 Å². The first-order chi connectivity index (χ1) is 10.3. The fraction of sp³-hybridized carbons (Fsp3) is 0.500. The molecule has 0 atom stereocenters. The number of thioether (sulfide) groups is 1. The number of aliphatic imine (C=N–C) groups is 1. The van der Waals surface area contributed by atoms with Gasteiger partial charge < -0.3 is 24.8 Å². The maximum atomic E-state index is 5.98. The summed E-state index contributed by atoms with van der Waals surface area (Å²) >= 11 is 1.95. The molecule has 0 aliphatic carbocycles. The molecule has 0 bridgehead atoms. The van der Waals surface area contributed by atoms with Crippen LogP contribution in [0.1, 0.15) is 0 Å². The largest absolute Gasteiger partial charge is 0.492 e. The van der Waals surface area contributed by atoms with E-state index < -0.39 is 0 Å². The van der Waals surface area contributed by atoms with Crippen LogP contribution in [0.3, 0.4) is 0 Å². The third-order valence-electron chi connectivity index (χ3n) is 3.31. The maximum absolute atomic E-state index is 5.98. The smallest absolute Gasteiger partial charge is 0.231 e. The van der Waals surface area contributed by atoms with Gasteiger partial charge in [0.1, 0.15) is 12.4 Å². The minimum absolute atomic E-state index is 0. The molecular formula is C14H20IN3O3S. The summed E-state index contributed by atoms with van der Waals surface area (Å²) < 4.78 is 16.2. The van der Waals surface area contributed by atoms with Crippen molar-refractivity contribution in [1.29, 1.82) is 0 Å². The molecule has 2 heterocycles. The average Bonchev–Trinajstić information content (AvgIpc) is 3.00. The van der Waals surface area contributed by atoms with E-state index in [1.807, 2.05) is 30.0 Å². The quantitative estimate of drug-likeness (QED) is 0.335. The Morgan fingerprint density at radius 2 is 2.05 bits per heavy atom. The molecule has 1 saturated heterocycles. The second kappa shape index (κ2) is 8.56. The van der Waals surface area contributed by atoms with Crippen molar-refractivity contribution in [1.82, 2.24) is 4.90 Å². The van der Waals surface area contributed by atoms with Gasteiger partial charge in [-0.15, -0.1) is 24.0 Å². The molecule has 8 heteroatoms. The minimum Gasteiger partial charge on any atom is -0.492 e. The molecule has 1 aromatic carbocycles. The van der Waals surface area contributed by atoms with Gasteiger partial charge in [0, 0.05) is 30.7 Å². The first kappa shape index (κ1) is 17.3. The number of hydrogen-bond acceptors (Lipinski definition) is 5. The summed E-state index contributed by atoms with van der Waals surface area (Å²) in [4.78, 5) is 6.49. The van der Waals surface area contributed by atoms with Crippen molar-refractivity contribution >= 4 is 41.7 Å². The second-order valence-electron chi connectivity index (χ2n) is 4.70. The Morgan fingerprint density at radius 1 is 1.27 bits per heavy atom. The molecule has 0 aromatic heterocycles. The van der Waals surface area contributed by atoms with Gasteiger partial charge in [-0.3, -0.25) is 0 Å². The van der Waals surface area contributed by atoms with Crippen LogP contribution in [0.25, 0.3) is 0 Å². The number of benzene rings is 1. The summed E-state index contributed by atoms with van der Waals surface area (Å²) in [6.45, 7) is 3.26. The Labute approximate surface area is 151 Å². The lowest BCUT2D eigenvalue weighted by molar-refractivity contribution is 0.174. The average molecular weight is 437 g/mol. The van der Waals surface area contributed by atoms with Gasteiger partial charge in [-0.05, 0) is 12.1 Å². The van der Waals surface area contributed by atoms with Crippen LogP contribution in [0.5, 0.6) is 17.2 Å². The minimum atomic E-state index is 0. The standard InChI is InChI=1S/C14H19N3O3S.HI/c15-14(17-4-7-21-8-5-17)16-3-6-18-11-1-2-12-13(9-11)20-10-19-12;/h1-2,9H,3-8,10H2,(H2,15,16);1H. The number of guanidine groups is 1. The van der Waals surface area contributed by atoms with Crippen molar-refractivity contribution in [3.8, 4) is 17.2 Å². The zero-order valence-electron chi connectivity index (χ0n) is 12.2. The highest BCUT2D eigenvalue weighted by atomic mass is 127. The van der Waals surface area contributed by atoms with Gasteiger partial charge in [-0.2, -0.15) is 11.8 Å². The van der Waals surface area contributed by atoms with Gasteiger partial charge in [-0.1, -0.05) is 0 Å². The highest BCUT2D eigenvalue weighted by molar-refractivity contribution is 14.0. The van der Waals surface area contributed by atoms with E-state index in [0.717, 1.165) is 41.8 Å². The van der Waals surface area contributed by atoms with Crippen LogP contribution >= 0.6 is 35.7 Å². The summed E-state index contributed by atoms with van der Waals surface area (Å²) in [6.07, 6.45) is 0. The van der Waals surface area contributed by atoms with Gasteiger partial charge in [0.05, 0.1) is 6.54 Å². The maximum Gasteiger partial charge on any atom is 0.231 e. The van der Waals surface area contributed by atoms with Crippen LogP contribution in [-0.2, 0) is 0 Å². The fourth-order valence-corrected chi connectivity index (χ4v) is 3.09. The third kappa shape index (κ3) is 4.48. The fourth-order valence-electron chi connectivity index (χ4n) is 2.18. The molecule has 122 valence electrons. The Kier molecular flexibility index (Phi) is 6.74. The molecular weight excluding hydrogens is 417 g/mol. The Hall–Kier alpha value is -1.03. The van der Waals surface area contributed by atoms with E-state index in [1.54, 1.807) is 0 Å². The number of hydrogen-bond donors (Lipinski definition) is 1. The van der Waals surface area contributed by atoms with Crippen LogP contribution in [0.15, 0.2) is 23.2 Å². The van der Waals surface area contributed by atoms with Crippen LogP contribution < -0.4 is 19.9 Å². The number of rotatable bonds is 4. The number of ether oxygens (including phenoxy) is 3. The van der Waals surface area contributed by atoms with Gasteiger partial charge >= 0.3 is 0 Å².